The average molecular weight is 172 g/mol. The molecule has 0 aromatic heterocycles. The molecule has 0 aliphatic rings. The Hall–Kier alpha value is -1.02. The van der Waals surface area contributed by atoms with Gasteiger partial charge in [0.15, 0.2) is 0 Å². The minimum absolute atomic E-state index is 0.297. The van der Waals surface area contributed by atoms with Crippen LogP contribution in [0.25, 0.3) is 6.08 Å². The van der Waals surface area contributed by atoms with E-state index in [1.54, 1.807) is 0 Å². The Bertz CT molecular complexity index is 273. The summed E-state index contributed by atoms with van der Waals surface area (Å²) in [5.41, 5.74) is 6.05. The molecule has 0 bridgehead atoms. The second kappa shape index (κ2) is 2.93. The summed E-state index contributed by atoms with van der Waals surface area (Å²) in [5.74, 6) is -0.440. The monoisotopic (exact) mass is 171 g/mol. The molecule has 0 saturated carbocycles. The molecule has 1 nitrogen and oxygen atoms in total. The molecule has 0 amide bonds. The van der Waals surface area contributed by atoms with Crippen LogP contribution in [0.1, 0.15) is 5.56 Å². The van der Waals surface area contributed by atoms with E-state index < -0.39 is 5.82 Å². The highest BCUT2D eigenvalue weighted by Gasteiger charge is 2.03. The number of rotatable bonds is 1. The number of anilines is 1. The molecule has 1 aromatic rings. The number of nitrogens with two attached hydrogens (primary N) is 1. The SMILES string of the molecule is C=Cc1c(N)cc(Cl)cc1F. The maximum atomic E-state index is 12.9. The number of benzene rings is 1. The quantitative estimate of drug-likeness (QED) is 0.646. The molecule has 0 spiro atoms. The molecule has 1 rings (SSSR count). The molecule has 0 unspecified atom stereocenters. The van der Waals surface area contributed by atoms with Gasteiger partial charge in [-0.05, 0) is 12.1 Å². The Morgan fingerprint density at radius 1 is 1.55 bits per heavy atom. The molecule has 0 atom stereocenters. The number of halogens is 2. The summed E-state index contributed by atoms with van der Waals surface area (Å²) < 4.78 is 12.9. The molecule has 58 valence electrons. The second-order valence-corrected chi connectivity index (χ2v) is 2.53. The van der Waals surface area contributed by atoms with Gasteiger partial charge in [0, 0.05) is 16.3 Å². The molecule has 11 heavy (non-hydrogen) atoms. The van der Waals surface area contributed by atoms with Gasteiger partial charge in [-0.3, -0.25) is 0 Å². The summed E-state index contributed by atoms with van der Waals surface area (Å²) in [4.78, 5) is 0. The van der Waals surface area contributed by atoms with Gasteiger partial charge in [0.1, 0.15) is 5.82 Å². The van der Waals surface area contributed by atoms with Crippen LogP contribution < -0.4 is 5.73 Å². The predicted molar refractivity (Wildman–Crippen MR) is 45.9 cm³/mol. The first-order valence-corrected chi connectivity index (χ1v) is 3.40. The molecule has 0 aliphatic carbocycles. The summed E-state index contributed by atoms with van der Waals surface area (Å²) in [5, 5.41) is 0.297. The third kappa shape index (κ3) is 1.52. The fraction of sp³-hybridized carbons (Fsp3) is 0. The van der Waals surface area contributed by atoms with Crippen molar-refractivity contribution in [2.75, 3.05) is 5.73 Å². The van der Waals surface area contributed by atoms with Crippen molar-refractivity contribution in [3.8, 4) is 0 Å². The summed E-state index contributed by atoms with van der Waals surface area (Å²) in [6.45, 7) is 3.42. The van der Waals surface area contributed by atoms with Gasteiger partial charge >= 0.3 is 0 Å². The van der Waals surface area contributed by atoms with E-state index >= 15 is 0 Å². The van der Waals surface area contributed by atoms with Gasteiger partial charge in [0.05, 0.1) is 0 Å². The van der Waals surface area contributed by atoms with E-state index in [9.17, 15) is 4.39 Å². The standard InChI is InChI=1S/C8H7ClFN/c1-2-6-7(10)3-5(9)4-8(6)11/h2-4H,1,11H2. The van der Waals surface area contributed by atoms with E-state index in [-0.39, 0.29) is 0 Å². The fourth-order valence-corrected chi connectivity index (χ4v) is 1.03. The first-order valence-electron chi connectivity index (χ1n) is 3.02. The van der Waals surface area contributed by atoms with E-state index in [1.165, 1.54) is 18.2 Å². The molecular weight excluding hydrogens is 165 g/mol. The first-order chi connectivity index (χ1) is 5.15. The maximum Gasteiger partial charge on any atom is 0.133 e. The number of nitrogen functional groups attached to an aromatic ring is 1. The van der Waals surface area contributed by atoms with Crippen molar-refractivity contribution in [3.05, 3.63) is 35.1 Å². The second-order valence-electron chi connectivity index (χ2n) is 2.09. The third-order valence-corrected chi connectivity index (χ3v) is 1.55. The van der Waals surface area contributed by atoms with Crippen molar-refractivity contribution in [1.29, 1.82) is 0 Å². The highest BCUT2D eigenvalue weighted by Crippen LogP contribution is 2.22. The molecular formula is C8H7ClFN. The highest BCUT2D eigenvalue weighted by atomic mass is 35.5. The molecule has 2 N–H and O–H groups in total. The van der Waals surface area contributed by atoms with Gasteiger partial charge in [-0.15, -0.1) is 0 Å². The minimum Gasteiger partial charge on any atom is -0.398 e. The minimum atomic E-state index is -0.440. The average Bonchev–Trinajstić information content (AvgIpc) is 1.85. The zero-order chi connectivity index (χ0) is 8.43. The van der Waals surface area contributed by atoms with Gasteiger partial charge in [-0.25, -0.2) is 4.39 Å². The molecule has 0 aliphatic heterocycles. The summed E-state index contributed by atoms with van der Waals surface area (Å²) in [6, 6.07) is 2.69. The Morgan fingerprint density at radius 3 is 2.64 bits per heavy atom. The lowest BCUT2D eigenvalue weighted by molar-refractivity contribution is 0.626. The van der Waals surface area contributed by atoms with Gasteiger partial charge < -0.3 is 5.73 Å². The van der Waals surface area contributed by atoms with Crippen molar-refractivity contribution in [3.63, 3.8) is 0 Å². The van der Waals surface area contributed by atoms with Crippen LogP contribution in [0.4, 0.5) is 10.1 Å². The Balaban J connectivity index is 3.36. The Morgan fingerprint density at radius 2 is 2.18 bits per heavy atom. The van der Waals surface area contributed by atoms with E-state index in [2.05, 4.69) is 6.58 Å². The van der Waals surface area contributed by atoms with Crippen molar-refractivity contribution >= 4 is 23.4 Å². The van der Waals surface area contributed by atoms with Crippen molar-refractivity contribution in [1.82, 2.24) is 0 Å². The lowest BCUT2D eigenvalue weighted by Crippen LogP contribution is -1.92. The Kier molecular flexibility index (Phi) is 2.15. The van der Waals surface area contributed by atoms with Crippen LogP contribution in [0.2, 0.25) is 5.02 Å². The van der Waals surface area contributed by atoms with Crippen molar-refractivity contribution < 1.29 is 4.39 Å². The molecule has 0 radical (unpaired) electrons. The van der Waals surface area contributed by atoms with Crippen LogP contribution >= 0.6 is 11.6 Å². The zero-order valence-corrected chi connectivity index (χ0v) is 6.53. The van der Waals surface area contributed by atoms with Crippen LogP contribution in [-0.4, -0.2) is 0 Å². The van der Waals surface area contributed by atoms with Crippen molar-refractivity contribution in [2.24, 2.45) is 0 Å². The summed E-state index contributed by atoms with van der Waals surface area (Å²) >= 11 is 5.52. The van der Waals surface area contributed by atoms with E-state index in [0.717, 1.165) is 0 Å². The van der Waals surface area contributed by atoms with Crippen LogP contribution in [-0.2, 0) is 0 Å². The molecule has 0 saturated heterocycles. The topological polar surface area (TPSA) is 26.0 Å². The number of hydrogen-bond acceptors (Lipinski definition) is 1. The third-order valence-electron chi connectivity index (χ3n) is 1.33. The van der Waals surface area contributed by atoms with Crippen LogP contribution in [0.5, 0.6) is 0 Å². The van der Waals surface area contributed by atoms with E-state index in [4.69, 9.17) is 17.3 Å². The van der Waals surface area contributed by atoms with Crippen LogP contribution in [0.3, 0.4) is 0 Å². The largest absolute Gasteiger partial charge is 0.398 e. The predicted octanol–water partition coefficient (Wildman–Crippen LogP) is 2.70. The van der Waals surface area contributed by atoms with Gasteiger partial charge in [0.25, 0.3) is 0 Å². The Labute approximate surface area is 69.3 Å². The molecule has 1 aromatic carbocycles. The van der Waals surface area contributed by atoms with E-state index in [0.29, 0.717) is 16.3 Å². The molecule has 3 heteroatoms. The summed E-state index contributed by atoms with van der Waals surface area (Å²) in [6.07, 6.45) is 1.36. The lowest BCUT2D eigenvalue weighted by atomic mass is 10.2. The zero-order valence-electron chi connectivity index (χ0n) is 5.77. The fourth-order valence-electron chi connectivity index (χ4n) is 0.820. The molecule has 0 heterocycles. The van der Waals surface area contributed by atoms with E-state index in [1.807, 2.05) is 0 Å². The first kappa shape index (κ1) is 8.08. The normalized spacial score (nSPS) is 9.64. The highest BCUT2D eigenvalue weighted by molar-refractivity contribution is 6.30. The summed E-state index contributed by atoms with van der Waals surface area (Å²) in [7, 11) is 0. The van der Waals surface area contributed by atoms with Gasteiger partial charge in [-0.2, -0.15) is 0 Å². The van der Waals surface area contributed by atoms with Crippen molar-refractivity contribution in [2.45, 2.75) is 0 Å². The van der Waals surface area contributed by atoms with Gasteiger partial charge in [-0.1, -0.05) is 24.3 Å². The van der Waals surface area contributed by atoms with Crippen LogP contribution in [0, 0.1) is 5.82 Å². The number of hydrogen-bond donors (Lipinski definition) is 1. The van der Waals surface area contributed by atoms with Gasteiger partial charge in [0.2, 0.25) is 0 Å². The maximum absolute atomic E-state index is 12.9. The smallest absolute Gasteiger partial charge is 0.133 e. The van der Waals surface area contributed by atoms with Crippen LogP contribution in [0.15, 0.2) is 18.7 Å². The lowest BCUT2D eigenvalue weighted by Gasteiger charge is -2.01. The molecule has 0 fully saturated rings.